The summed E-state index contributed by atoms with van der Waals surface area (Å²) in [6, 6.07) is 7.64. The quantitative estimate of drug-likeness (QED) is 0.890. The Balaban J connectivity index is 2.20. The van der Waals surface area contributed by atoms with E-state index in [4.69, 9.17) is 5.11 Å². The number of rotatable bonds is 3. The molecule has 1 fully saturated rings. The lowest BCUT2D eigenvalue weighted by Gasteiger charge is -2.37. The van der Waals surface area contributed by atoms with Crippen molar-refractivity contribution in [1.82, 2.24) is 5.32 Å². The molecular weight excluding hydrogens is 296 g/mol. The summed E-state index contributed by atoms with van der Waals surface area (Å²) in [7, 11) is 0. The van der Waals surface area contributed by atoms with Crippen molar-refractivity contribution in [2.75, 3.05) is 18.1 Å². The highest BCUT2D eigenvalue weighted by Crippen LogP contribution is 2.22. The minimum absolute atomic E-state index is 0.0182. The minimum atomic E-state index is -0.289. The number of halogens is 1. The number of hydrogen-bond acceptors (Lipinski definition) is 3. The van der Waals surface area contributed by atoms with Crippen molar-refractivity contribution in [2.45, 2.75) is 25.4 Å². The van der Waals surface area contributed by atoms with E-state index in [1.165, 1.54) is 0 Å². The van der Waals surface area contributed by atoms with Crippen LogP contribution in [0.2, 0.25) is 0 Å². The number of nitrogens with one attached hydrogen (secondary N) is 1. The zero-order chi connectivity index (χ0) is 13.1. The van der Waals surface area contributed by atoms with Gasteiger partial charge in [0.25, 0.3) is 0 Å². The van der Waals surface area contributed by atoms with Gasteiger partial charge in [0.1, 0.15) is 0 Å². The normalized spacial score (nSPS) is 24.4. The third-order valence-corrected chi connectivity index (χ3v) is 3.59. The Bertz CT molecular complexity index is 422. The molecule has 1 saturated heterocycles. The molecule has 0 aliphatic carbocycles. The summed E-state index contributed by atoms with van der Waals surface area (Å²) in [4.78, 5) is 14.1. The summed E-state index contributed by atoms with van der Waals surface area (Å²) < 4.78 is 0.994. The second-order valence-electron chi connectivity index (χ2n) is 4.56. The first-order valence-electron chi connectivity index (χ1n) is 6.05. The van der Waals surface area contributed by atoms with Gasteiger partial charge in [-0.2, -0.15) is 0 Å². The second-order valence-corrected chi connectivity index (χ2v) is 5.47. The van der Waals surface area contributed by atoms with Gasteiger partial charge in [0, 0.05) is 29.4 Å². The van der Waals surface area contributed by atoms with E-state index in [9.17, 15) is 4.79 Å². The molecule has 1 aromatic rings. The molecule has 2 N–H and O–H groups in total. The number of piperazine rings is 1. The fourth-order valence-corrected chi connectivity index (χ4v) is 2.47. The Labute approximate surface area is 115 Å². The molecule has 0 bridgehead atoms. The van der Waals surface area contributed by atoms with Crippen LogP contribution in [0.4, 0.5) is 5.69 Å². The van der Waals surface area contributed by atoms with Gasteiger partial charge in [0.15, 0.2) is 0 Å². The highest BCUT2D eigenvalue weighted by atomic mass is 79.9. The maximum atomic E-state index is 12.3. The number of nitrogens with zero attached hydrogens (tertiary/aromatic N) is 1. The number of benzene rings is 1. The third kappa shape index (κ3) is 2.91. The lowest BCUT2D eigenvalue weighted by Crippen LogP contribution is -2.59. The van der Waals surface area contributed by atoms with Gasteiger partial charge in [-0.3, -0.25) is 4.79 Å². The summed E-state index contributed by atoms with van der Waals surface area (Å²) in [5, 5.41) is 12.2. The van der Waals surface area contributed by atoms with Gasteiger partial charge in [-0.15, -0.1) is 0 Å². The second kappa shape index (κ2) is 5.82. The molecule has 0 radical (unpaired) electrons. The summed E-state index contributed by atoms with van der Waals surface area (Å²) in [6.07, 6.45) is 0.455. The molecule has 1 heterocycles. The monoisotopic (exact) mass is 312 g/mol. The van der Waals surface area contributed by atoms with E-state index in [0.29, 0.717) is 13.0 Å². The van der Waals surface area contributed by atoms with Crippen LogP contribution in [-0.2, 0) is 4.79 Å². The van der Waals surface area contributed by atoms with Crippen LogP contribution in [0.5, 0.6) is 0 Å². The van der Waals surface area contributed by atoms with E-state index in [-0.39, 0.29) is 24.6 Å². The first kappa shape index (κ1) is 13.5. The Hall–Kier alpha value is -0.910. The number of aliphatic hydroxyl groups excluding tert-OH is 1. The van der Waals surface area contributed by atoms with E-state index in [2.05, 4.69) is 21.2 Å². The minimum Gasteiger partial charge on any atom is -0.396 e. The molecule has 0 aromatic heterocycles. The Kier molecular flexibility index (Phi) is 4.37. The van der Waals surface area contributed by atoms with Gasteiger partial charge in [0.2, 0.25) is 5.91 Å². The molecule has 5 heteroatoms. The summed E-state index contributed by atoms with van der Waals surface area (Å²) in [5.74, 6) is 0.0319. The summed E-state index contributed by atoms with van der Waals surface area (Å²) in [5.41, 5.74) is 0.902. The van der Waals surface area contributed by atoms with Crippen LogP contribution in [-0.4, -0.2) is 36.2 Å². The molecule has 18 heavy (non-hydrogen) atoms. The molecule has 2 unspecified atom stereocenters. The number of hydrogen-bond donors (Lipinski definition) is 2. The molecular formula is C13H17BrN2O2. The molecule has 1 aliphatic rings. The molecule has 0 saturated carbocycles. The van der Waals surface area contributed by atoms with Gasteiger partial charge >= 0.3 is 0 Å². The Morgan fingerprint density at radius 1 is 1.44 bits per heavy atom. The van der Waals surface area contributed by atoms with Crippen LogP contribution in [0.3, 0.4) is 0 Å². The van der Waals surface area contributed by atoms with Crippen molar-refractivity contribution in [1.29, 1.82) is 0 Å². The van der Waals surface area contributed by atoms with E-state index in [1.54, 1.807) is 4.90 Å². The van der Waals surface area contributed by atoms with Crippen LogP contribution in [0.25, 0.3) is 0 Å². The van der Waals surface area contributed by atoms with Crippen LogP contribution in [0.15, 0.2) is 28.7 Å². The van der Waals surface area contributed by atoms with E-state index in [0.717, 1.165) is 10.2 Å². The zero-order valence-electron chi connectivity index (χ0n) is 10.3. The average molecular weight is 313 g/mol. The SMILES string of the molecule is CC1CN(c2ccc(Br)cc2)C(=O)C(CCO)N1. The largest absolute Gasteiger partial charge is 0.396 e. The molecule has 1 aromatic carbocycles. The fourth-order valence-electron chi connectivity index (χ4n) is 2.21. The van der Waals surface area contributed by atoms with Crippen LogP contribution in [0.1, 0.15) is 13.3 Å². The number of carbonyl (C=O) groups is 1. The Morgan fingerprint density at radius 3 is 2.72 bits per heavy atom. The van der Waals surface area contributed by atoms with Gasteiger partial charge < -0.3 is 15.3 Å². The molecule has 1 amide bonds. The molecule has 4 nitrogen and oxygen atoms in total. The molecule has 2 atom stereocenters. The van der Waals surface area contributed by atoms with Gasteiger partial charge in [0.05, 0.1) is 6.04 Å². The van der Waals surface area contributed by atoms with Crippen molar-refractivity contribution >= 4 is 27.5 Å². The molecule has 0 spiro atoms. The van der Waals surface area contributed by atoms with Crippen molar-refractivity contribution in [3.8, 4) is 0 Å². The lowest BCUT2D eigenvalue weighted by molar-refractivity contribution is -0.122. The molecule has 98 valence electrons. The topological polar surface area (TPSA) is 52.6 Å². The maximum absolute atomic E-state index is 12.3. The first-order valence-corrected chi connectivity index (χ1v) is 6.85. The zero-order valence-corrected chi connectivity index (χ0v) is 11.9. The standard InChI is InChI=1S/C13H17BrN2O2/c1-9-8-16(11-4-2-10(14)3-5-11)13(18)12(15-9)6-7-17/h2-5,9,12,15,17H,6-8H2,1H3. The molecule has 1 aliphatic heterocycles. The maximum Gasteiger partial charge on any atom is 0.244 e. The van der Waals surface area contributed by atoms with Crippen molar-refractivity contribution in [3.63, 3.8) is 0 Å². The highest BCUT2D eigenvalue weighted by Gasteiger charge is 2.32. The number of amides is 1. The Morgan fingerprint density at radius 2 is 2.11 bits per heavy atom. The van der Waals surface area contributed by atoms with Gasteiger partial charge in [-0.05, 0) is 37.6 Å². The predicted molar refractivity (Wildman–Crippen MR) is 74.6 cm³/mol. The summed E-state index contributed by atoms with van der Waals surface area (Å²) >= 11 is 3.38. The van der Waals surface area contributed by atoms with Crippen LogP contribution in [0, 0.1) is 0 Å². The average Bonchev–Trinajstić information content (AvgIpc) is 2.35. The number of carbonyl (C=O) groups excluding carboxylic acids is 1. The van der Waals surface area contributed by atoms with E-state index < -0.39 is 0 Å². The smallest absolute Gasteiger partial charge is 0.244 e. The van der Waals surface area contributed by atoms with E-state index in [1.807, 2.05) is 31.2 Å². The van der Waals surface area contributed by atoms with Crippen LogP contribution >= 0.6 is 15.9 Å². The predicted octanol–water partition coefficient (Wildman–Crippen LogP) is 1.52. The first-order chi connectivity index (χ1) is 8.61. The fraction of sp³-hybridized carbons (Fsp3) is 0.462. The number of aliphatic hydroxyl groups is 1. The number of anilines is 1. The van der Waals surface area contributed by atoms with Gasteiger partial charge in [-0.25, -0.2) is 0 Å². The summed E-state index contributed by atoms with van der Waals surface area (Å²) in [6.45, 7) is 2.72. The highest BCUT2D eigenvalue weighted by molar-refractivity contribution is 9.10. The van der Waals surface area contributed by atoms with Crippen molar-refractivity contribution in [3.05, 3.63) is 28.7 Å². The van der Waals surface area contributed by atoms with Crippen LogP contribution < -0.4 is 10.2 Å². The third-order valence-electron chi connectivity index (χ3n) is 3.06. The van der Waals surface area contributed by atoms with Gasteiger partial charge in [-0.1, -0.05) is 15.9 Å². The van der Waals surface area contributed by atoms with Crippen molar-refractivity contribution in [2.24, 2.45) is 0 Å². The van der Waals surface area contributed by atoms with Crippen molar-refractivity contribution < 1.29 is 9.90 Å². The molecule has 2 rings (SSSR count). The lowest BCUT2D eigenvalue weighted by atomic mass is 10.1. The van der Waals surface area contributed by atoms with E-state index >= 15 is 0 Å².